The molecule has 0 bridgehead atoms. The molecule has 1 heterocycles. The summed E-state index contributed by atoms with van der Waals surface area (Å²) in [4.78, 5) is 11.7. The second-order valence-electron chi connectivity index (χ2n) is 8.57. The van der Waals surface area contributed by atoms with Crippen LogP contribution in [0.25, 0.3) is 0 Å². The van der Waals surface area contributed by atoms with Gasteiger partial charge in [0.15, 0.2) is 0 Å². The summed E-state index contributed by atoms with van der Waals surface area (Å²) in [7, 11) is -1.00. The first-order chi connectivity index (χ1) is 14.2. The van der Waals surface area contributed by atoms with Gasteiger partial charge in [0.25, 0.3) is 0 Å². The molecule has 0 aromatic heterocycles. The molecule has 1 N–H and O–H groups in total. The van der Waals surface area contributed by atoms with Crippen molar-refractivity contribution in [2.24, 2.45) is 0 Å². The highest BCUT2D eigenvalue weighted by Crippen LogP contribution is 2.31. The maximum Gasteiger partial charge on any atom is 0.407 e. The van der Waals surface area contributed by atoms with Crippen molar-refractivity contribution in [2.45, 2.75) is 88.9 Å². The lowest BCUT2D eigenvalue weighted by Crippen LogP contribution is -2.29. The summed E-state index contributed by atoms with van der Waals surface area (Å²) in [6.07, 6.45) is 12.1. The van der Waals surface area contributed by atoms with Crippen LogP contribution in [0.5, 0.6) is 0 Å². The van der Waals surface area contributed by atoms with E-state index >= 15 is 0 Å². The monoisotopic (exact) mass is 449 g/mol. The van der Waals surface area contributed by atoms with Crippen LogP contribution in [0.3, 0.4) is 0 Å². The van der Waals surface area contributed by atoms with Crippen molar-refractivity contribution in [3.05, 3.63) is 0 Å². The Bertz CT molecular complexity index is 393. The summed E-state index contributed by atoms with van der Waals surface area (Å²) in [5.41, 5.74) is 0. The van der Waals surface area contributed by atoms with Crippen LogP contribution in [0, 0.1) is 0 Å². The Hall–Kier alpha value is -0.303. The predicted molar refractivity (Wildman–Crippen MR) is 124 cm³/mol. The number of unbranched alkanes of at least 4 members (excludes halogenated alkanes) is 4. The van der Waals surface area contributed by atoms with E-state index in [-0.39, 0.29) is 6.09 Å². The van der Waals surface area contributed by atoms with Crippen LogP contribution in [0.2, 0.25) is 24.7 Å². The molecular weight excluding hydrogens is 406 g/mol. The van der Waals surface area contributed by atoms with Gasteiger partial charge in [0.1, 0.15) is 0 Å². The fourth-order valence-corrected chi connectivity index (χ4v) is 8.15. The van der Waals surface area contributed by atoms with Crippen LogP contribution in [0.1, 0.15) is 64.2 Å². The zero-order valence-corrected chi connectivity index (χ0v) is 20.4. The molecular formula is C22H44ClNO4Si. The Morgan fingerprint density at radius 3 is 2.21 bits per heavy atom. The zero-order valence-electron chi connectivity index (χ0n) is 18.7. The molecule has 0 aromatic carbocycles. The minimum atomic E-state index is -1.00. The summed E-state index contributed by atoms with van der Waals surface area (Å²) in [6, 6.07) is 4.38. The van der Waals surface area contributed by atoms with Crippen LogP contribution in [-0.2, 0) is 14.2 Å². The Kier molecular flexibility index (Phi) is 17.0. The maximum absolute atomic E-state index is 11.7. The second kappa shape index (κ2) is 18.5. The first kappa shape index (κ1) is 26.7. The molecule has 1 amide bonds. The Morgan fingerprint density at radius 1 is 0.828 bits per heavy atom. The van der Waals surface area contributed by atoms with Gasteiger partial charge in [-0.25, -0.2) is 4.79 Å². The van der Waals surface area contributed by atoms with E-state index in [2.05, 4.69) is 11.9 Å². The molecule has 5 nitrogen and oxygen atoms in total. The van der Waals surface area contributed by atoms with Gasteiger partial charge >= 0.3 is 6.09 Å². The highest BCUT2D eigenvalue weighted by Gasteiger charge is 2.26. The molecule has 1 rings (SSSR count). The molecule has 1 saturated heterocycles. The number of alkyl halides is 1. The minimum Gasteiger partial charge on any atom is -0.450 e. The number of nitrogens with one attached hydrogen (secondary N) is 1. The largest absolute Gasteiger partial charge is 0.450 e. The van der Waals surface area contributed by atoms with Gasteiger partial charge in [0.05, 0.1) is 34.5 Å². The van der Waals surface area contributed by atoms with Crippen LogP contribution in [0.4, 0.5) is 4.79 Å². The number of alkyl carbamates (subject to hydrolysis) is 1. The lowest BCUT2D eigenvalue weighted by molar-refractivity contribution is 0.0468. The van der Waals surface area contributed by atoms with E-state index in [0.717, 1.165) is 31.7 Å². The maximum atomic E-state index is 11.7. The van der Waals surface area contributed by atoms with E-state index in [4.69, 9.17) is 25.8 Å². The number of halogens is 1. The van der Waals surface area contributed by atoms with Gasteiger partial charge in [-0.2, -0.15) is 0 Å². The molecule has 1 fully saturated rings. The third kappa shape index (κ3) is 16.1. The molecule has 29 heavy (non-hydrogen) atoms. The highest BCUT2D eigenvalue weighted by atomic mass is 35.5. The average molecular weight is 450 g/mol. The SMILES string of the molecule is C[Si]1(CCCCOC(=O)NCCOCCOCCCCCCCl)CCCCCC1. The highest BCUT2D eigenvalue weighted by molar-refractivity contribution is 6.78. The van der Waals surface area contributed by atoms with Crippen LogP contribution in [0.15, 0.2) is 0 Å². The molecule has 0 spiro atoms. The second-order valence-corrected chi connectivity index (χ2v) is 14.1. The molecule has 0 radical (unpaired) electrons. The predicted octanol–water partition coefficient (Wildman–Crippen LogP) is 5.98. The van der Waals surface area contributed by atoms with Crippen molar-refractivity contribution in [2.75, 3.05) is 45.5 Å². The first-order valence-electron chi connectivity index (χ1n) is 11.8. The Balaban J connectivity index is 1.82. The third-order valence-corrected chi connectivity index (χ3v) is 10.7. The average Bonchev–Trinajstić information content (AvgIpc) is 2.93. The van der Waals surface area contributed by atoms with E-state index in [0.29, 0.717) is 33.0 Å². The van der Waals surface area contributed by atoms with Gasteiger partial charge in [-0.3, -0.25) is 0 Å². The zero-order chi connectivity index (χ0) is 21.0. The van der Waals surface area contributed by atoms with Crippen LogP contribution < -0.4 is 5.32 Å². The van der Waals surface area contributed by atoms with Gasteiger partial charge in [-0.15, -0.1) is 11.6 Å². The van der Waals surface area contributed by atoms with Crippen molar-refractivity contribution in [1.82, 2.24) is 5.32 Å². The topological polar surface area (TPSA) is 56.8 Å². The standard InChI is InChI=1S/C22H44ClNO4Si/c1-29(19-9-4-5-10-20-29)21-11-8-15-28-22(25)24-13-16-27-18-17-26-14-7-3-2-6-12-23/h2-21H2,1H3,(H,24,25). The van der Waals surface area contributed by atoms with Gasteiger partial charge in [-0.05, 0) is 19.3 Å². The van der Waals surface area contributed by atoms with Crippen molar-refractivity contribution in [3.8, 4) is 0 Å². The van der Waals surface area contributed by atoms with Crippen molar-refractivity contribution < 1.29 is 19.0 Å². The van der Waals surface area contributed by atoms with E-state index < -0.39 is 8.07 Å². The molecule has 0 aromatic rings. The van der Waals surface area contributed by atoms with E-state index in [1.165, 1.54) is 63.1 Å². The normalized spacial score (nSPS) is 16.3. The molecule has 1 aliphatic rings. The third-order valence-electron chi connectivity index (χ3n) is 5.78. The summed E-state index contributed by atoms with van der Waals surface area (Å²) in [5, 5.41) is 2.74. The molecule has 172 valence electrons. The van der Waals surface area contributed by atoms with Crippen LogP contribution in [-0.4, -0.2) is 59.6 Å². The quantitative estimate of drug-likeness (QED) is 0.168. The number of hydrogen-bond acceptors (Lipinski definition) is 4. The summed E-state index contributed by atoms with van der Waals surface area (Å²) in [6.45, 7) is 5.98. The van der Waals surface area contributed by atoms with Crippen molar-refractivity contribution in [3.63, 3.8) is 0 Å². The van der Waals surface area contributed by atoms with Gasteiger partial charge in [-0.1, -0.05) is 69.6 Å². The molecule has 0 atom stereocenters. The van der Waals surface area contributed by atoms with E-state index in [9.17, 15) is 4.79 Å². The molecule has 1 aliphatic heterocycles. The number of rotatable bonds is 17. The summed E-state index contributed by atoms with van der Waals surface area (Å²) in [5.74, 6) is 0.747. The number of carbonyl (C=O) groups excluding carboxylic acids is 1. The minimum absolute atomic E-state index is 0.334. The fraction of sp³-hybridized carbons (Fsp3) is 0.955. The van der Waals surface area contributed by atoms with Crippen molar-refractivity contribution >= 4 is 25.8 Å². The smallest absolute Gasteiger partial charge is 0.407 e. The molecule has 7 heteroatoms. The lowest BCUT2D eigenvalue weighted by atomic mass is 10.2. The lowest BCUT2D eigenvalue weighted by Gasteiger charge is -2.25. The Labute approximate surface area is 184 Å². The number of hydrogen-bond donors (Lipinski definition) is 1. The number of ether oxygens (including phenoxy) is 3. The molecule has 0 aliphatic carbocycles. The van der Waals surface area contributed by atoms with E-state index in [1.807, 2.05) is 0 Å². The Morgan fingerprint density at radius 2 is 1.48 bits per heavy atom. The van der Waals surface area contributed by atoms with Crippen molar-refractivity contribution in [1.29, 1.82) is 0 Å². The van der Waals surface area contributed by atoms with Crippen LogP contribution >= 0.6 is 11.6 Å². The first-order valence-corrected chi connectivity index (χ1v) is 15.4. The van der Waals surface area contributed by atoms with Gasteiger partial charge < -0.3 is 19.5 Å². The number of amides is 1. The molecule has 0 unspecified atom stereocenters. The van der Waals surface area contributed by atoms with E-state index in [1.54, 1.807) is 0 Å². The van der Waals surface area contributed by atoms with Gasteiger partial charge in [0, 0.05) is 19.0 Å². The summed E-state index contributed by atoms with van der Waals surface area (Å²) < 4.78 is 16.2. The van der Waals surface area contributed by atoms with Gasteiger partial charge in [0.2, 0.25) is 0 Å². The fourth-order valence-electron chi connectivity index (χ4n) is 3.90. The number of carbonyl (C=O) groups is 1. The summed E-state index contributed by atoms with van der Waals surface area (Å²) >= 11 is 5.64. The molecule has 0 saturated carbocycles.